The van der Waals surface area contributed by atoms with E-state index in [9.17, 15) is 0 Å². The molecule has 114 valence electrons. The molecular weight excluding hydrogens is 258 g/mol. The third-order valence-corrected chi connectivity index (χ3v) is 3.80. The molecule has 1 N–H and O–H groups in total. The minimum absolute atomic E-state index is 0.279. The van der Waals surface area contributed by atoms with Crippen molar-refractivity contribution in [3.63, 3.8) is 0 Å². The molecule has 1 atom stereocenters. The van der Waals surface area contributed by atoms with E-state index in [-0.39, 0.29) is 6.04 Å². The summed E-state index contributed by atoms with van der Waals surface area (Å²) in [5.41, 5.74) is 1.31. The predicted molar refractivity (Wildman–Crippen MR) is 90.7 cm³/mol. The lowest BCUT2D eigenvalue weighted by molar-refractivity contribution is 0.108. The van der Waals surface area contributed by atoms with Crippen LogP contribution in [0.4, 0.5) is 0 Å². The Hall–Kier alpha value is -1.38. The van der Waals surface area contributed by atoms with Crippen LogP contribution in [0.25, 0.3) is 10.8 Å². The number of hydrogen-bond donors (Lipinski definition) is 1. The molecule has 0 bridgehead atoms. The highest BCUT2D eigenvalue weighted by atomic mass is 16.5. The molecule has 2 heteroatoms. The van der Waals surface area contributed by atoms with Crippen molar-refractivity contribution >= 4 is 10.8 Å². The van der Waals surface area contributed by atoms with Crippen molar-refractivity contribution in [2.24, 2.45) is 0 Å². The number of ether oxygens (including phenoxy) is 1. The van der Waals surface area contributed by atoms with Crippen LogP contribution in [0.1, 0.15) is 44.7 Å². The summed E-state index contributed by atoms with van der Waals surface area (Å²) < 4.78 is 5.85. The number of unbranched alkanes of at least 4 members (excludes halogenated alkanes) is 2. The molecule has 0 aliphatic heterocycles. The molecule has 0 saturated heterocycles. The highest BCUT2D eigenvalue weighted by molar-refractivity contribution is 5.83. The summed E-state index contributed by atoms with van der Waals surface area (Å²) in [7, 11) is 0. The number of fused-ring (bicyclic) bond motifs is 1. The van der Waals surface area contributed by atoms with Crippen LogP contribution in [0.2, 0.25) is 0 Å². The second-order valence-corrected chi connectivity index (χ2v) is 5.50. The molecule has 0 radical (unpaired) electrons. The molecule has 0 fully saturated rings. The van der Waals surface area contributed by atoms with E-state index in [1.807, 2.05) is 0 Å². The van der Waals surface area contributed by atoms with Gasteiger partial charge in [-0.3, -0.25) is 0 Å². The maximum absolute atomic E-state index is 5.85. The Morgan fingerprint density at radius 3 is 2.57 bits per heavy atom. The Morgan fingerprint density at radius 2 is 1.81 bits per heavy atom. The van der Waals surface area contributed by atoms with Gasteiger partial charge in [0, 0.05) is 6.61 Å². The molecule has 0 aliphatic rings. The first kappa shape index (κ1) is 16.0. The van der Waals surface area contributed by atoms with Crippen LogP contribution in [0.5, 0.6) is 0 Å². The third kappa shape index (κ3) is 4.83. The number of rotatable bonds is 9. The second-order valence-electron chi connectivity index (χ2n) is 5.50. The van der Waals surface area contributed by atoms with E-state index < -0.39 is 0 Å². The van der Waals surface area contributed by atoms with E-state index in [1.54, 1.807) is 0 Å². The average Bonchev–Trinajstić information content (AvgIpc) is 2.53. The van der Waals surface area contributed by atoms with E-state index in [0.717, 1.165) is 26.2 Å². The molecule has 2 aromatic rings. The molecule has 0 aromatic heterocycles. The van der Waals surface area contributed by atoms with Crippen molar-refractivity contribution in [3.8, 4) is 0 Å². The van der Waals surface area contributed by atoms with E-state index >= 15 is 0 Å². The SMILES string of the molecule is CCCCCOCC(NCC)c1ccc2ccccc2c1. The van der Waals surface area contributed by atoms with Crippen molar-refractivity contribution < 1.29 is 4.74 Å². The summed E-state index contributed by atoms with van der Waals surface area (Å²) in [5.74, 6) is 0. The van der Waals surface area contributed by atoms with Gasteiger partial charge in [0.2, 0.25) is 0 Å². The van der Waals surface area contributed by atoms with Gasteiger partial charge in [0.15, 0.2) is 0 Å². The lowest BCUT2D eigenvalue weighted by Crippen LogP contribution is -2.25. The molecule has 0 amide bonds. The Bertz CT molecular complexity index is 538. The minimum Gasteiger partial charge on any atom is -0.379 e. The van der Waals surface area contributed by atoms with Crippen molar-refractivity contribution in [2.75, 3.05) is 19.8 Å². The Morgan fingerprint density at radius 1 is 1.00 bits per heavy atom. The molecule has 0 heterocycles. The Kier molecular flexibility index (Phi) is 6.71. The number of nitrogens with one attached hydrogen (secondary N) is 1. The summed E-state index contributed by atoms with van der Waals surface area (Å²) in [5, 5.41) is 6.12. The predicted octanol–water partition coefficient (Wildman–Crippen LogP) is 4.70. The maximum Gasteiger partial charge on any atom is 0.0661 e. The minimum atomic E-state index is 0.279. The van der Waals surface area contributed by atoms with Crippen LogP contribution in [0.3, 0.4) is 0 Å². The largest absolute Gasteiger partial charge is 0.379 e. The lowest BCUT2D eigenvalue weighted by atomic mass is 10.0. The fourth-order valence-electron chi connectivity index (χ4n) is 2.60. The second kappa shape index (κ2) is 8.81. The van der Waals surface area contributed by atoms with Gasteiger partial charge in [-0.15, -0.1) is 0 Å². The molecule has 2 nitrogen and oxygen atoms in total. The summed E-state index contributed by atoms with van der Waals surface area (Å²) >= 11 is 0. The zero-order chi connectivity index (χ0) is 14.9. The molecule has 1 unspecified atom stereocenters. The standard InChI is InChI=1S/C19H27NO/c1-3-5-8-13-21-15-19(20-4-2)18-12-11-16-9-6-7-10-17(16)14-18/h6-7,9-12,14,19-20H,3-5,8,13,15H2,1-2H3. The van der Waals surface area contributed by atoms with Gasteiger partial charge in [-0.1, -0.05) is 63.1 Å². The molecular formula is C19H27NO. The fourth-order valence-corrected chi connectivity index (χ4v) is 2.60. The Labute approximate surface area is 128 Å². The quantitative estimate of drug-likeness (QED) is 0.674. The summed E-state index contributed by atoms with van der Waals surface area (Å²) in [6.45, 7) is 6.93. The van der Waals surface area contributed by atoms with Crippen LogP contribution in [0, 0.1) is 0 Å². The highest BCUT2D eigenvalue weighted by Gasteiger charge is 2.10. The van der Waals surface area contributed by atoms with Crippen LogP contribution >= 0.6 is 0 Å². The third-order valence-electron chi connectivity index (χ3n) is 3.80. The average molecular weight is 285 g/mol. The van der Waals surface area contributed by atoms with Crippen molar-refractivity contribution in [1.82, 2.24) is 5.32 Å². The number of benzene rings is 2. The summed E-state index contributed by atoms with van der Waals surface area (Å²) in [6.07, 6.45) is 3.65. The van der Waals surface area contributed by atoms with Crippen LogP contribution in [-0.2, 0) is 4.74 Å². The normalized spacial score (nSPS) is 12.7. The lowest BCUT2D eigenvalue weighted by Gasteiger charge is -2.19. The van der Waals surface area contributed by atoms with Gasteiger partial charge in [0.25, 0.3) is 0 Å². The molecule has 0 saturated carbocycles. The molecule has 21 heavy (non-hydrogen) atoms. The zero-order valence-corrected chi connectivity index (χ0v) is 13.3. The Balaban J connectivity index is 2.01. The van der Waals surface area contributed by atoms with Crippen molar-refractivity contribution in [1.29, 1.82) is 0 Å². The monoisotopic (exact) mass is 285 g/mol. The highest BCUT2D eigenvalue weighted by Crippen LogP contribution is 2.21. The van der Waals surface area contributed by atoms with Gasteiger partial charge in [-0.2, -0.15) is 0 Å². The smallest absolute Gasteiger partial charge is 0.0661 e. The molecule has 2 rings (SSSR count). The van der Waals surface area contributed by atoms with Gasteiger partial charge >= 0.3 is 0 Å². The zero-order valence-electron chi connectivity index (χ0n) is 13.3. The summed E-state index contributed by atoms with van der Waals surface area (Å²) in [4.78, 5) is 0. The molecule has 2 aromatic carbocycles. The maximum atomic E-state index is 5.85. The van der Waals surface area contributed by atoms with Gasteiger partial charge in [0.05, 0.1) is 12.6 Å². The first-order chi connectivity index (χ1) is 10.3. The molecule has 0 spiro atoms. The van der Waals surface area contributed by atoms with Gasteiger partial charge in [-0.25, -0.2) is 0 Å². The van der Waals surface area contributed by atoms with Crippen LogP contribution < -0.4 is 5.32 Å². The van der Waals surface area contributed by atoms with Gasteiger partial charge < -0.3 is 10.1 Å². The van der Waals surface area contributed by atoms with Gasteiger partial charge in [0.1, 0.15) is 0 Å². The number of hydrogen-bond acceptors (Lipinski definition) is 2. The fraction of sp³-hybridized carbons (Fsp3) is 0.474. The van der Waals surface area contributed by atoms with E-state index in [0.29, 0.717) is 0 Å². The van der Waals surface area contributed by atoms with Gasteiger partial charge in [-0.05, 0) is 35.4 Å². The van der Waals surface area contributed by atoms with Crippen molar-refractivity contribution in [3.05, 3.63) is 48.0 Å². The van der Waals surface area contributed by atoms with Crippen molar-refractivity contribution in [2.45, 2.75) is 39.2 Å². The number of likely N-dealkylation sites (N-methyl/N-ethyl adjacent to an activating group) is 1. The summed E-state index contributed by atoms with van der Waals surface area (Å²) in [6, 6.07) is 15.5. The first-order valence-electron chi connectivity index (χ1n) is 8.15. The molecule has 0 aliphatic carbocycles. The van der Waals surface area contributed by atoms with E-state index in [1.165, 1.54) is 29.2 Å². The van der Waals surface area contributed by atoms with Crippen LogP contribution in [0.15, 0.2) is 42.5 Å². The van der Waals surface area contributed by atoms with E-state index in [2.05, 4.69) is 61.6 Å². The topological polar surface area (TPSA) is 21.3 Å². The van der Waals surface area contributed by atoms with E-state index in [4.69, 9.17) is 4.74 Å². The first-order valence-corrected chi connectivity index (χ1v) is 8.15. The van der Waals surface area contributed by atoms with Crippen LogP contribution in [-0.4, -0.2) is 19.8 Å².